The average molecular weight is 329 g/mol. The van der Waals surface area contributed by atoms with Crippen LogP contribution in [0.1, 0.15) is 20.3 Å². The summed E-state index contributed by atoms with van der Waals surface area (Å²) < 4.78 is 16.3. The first-order valence-corrected chi connectivity index (χ1v) is 8.00. The van der Waals surface area contributed by atoms with Crippen LogP contribution in [0.4, 0.5) is 5.69 Å². The summed E-state index contributed by atoms with van der Waals surface area (Å²) in [6, 6.07) is 14.5. The summed E-state index contributed by atoms with van der Waals surface area (Å²) in [6.45, 7) is 4.40. The Morgan fingerprint density at radius 1 is 1.04 bits per heavy atom. The number of carbonyl (C=O) groups is 1. The van der Waals surface area contributed by atoms with E-state index in [0.717, 1.165) is 11.5 Å². The highest BCUT2D eigenvalue weighted by Crippen LogP contribution is 2.21. The summed E-state index contributed by atoms with van der Waals surface area (Å²) in [6.07, 6.45) is -0.0163. The second-order valence-corrected chi connectivity index (χ2v) is 5.14. The van der Waals surface area contributed by atoms with E-state index in [9.17, 15) is 4.79 Å². The number of hydrogen-bond acceptors (Lipinski definition) is 4. The highest BCUT2D eigenvalue weighted by atomic mass is 16.5. The number of amides is 1. The fourth-order valence-corrected chi connectivity index (χ4v) is 2.19. The lowest BCUT2D eigenvalue weighted by Gasteiger charge is -2.17. The molecule has 1 N–H and O–H groups in total. The van der Waals surface area contributed by atoms with Crippen LogP contribution in [0.3, 0.4) is 0 Å². The minimum absolute atomic E-state index is 0.193. The van der Waals surface area contributed by atoms with E-state index >= 15 is 0 Å². The molecule has 24 heavy (non-hydrogen) atoms. The normalized spacial score (nSPS) is 11.5. The zero-order valence-electron chi connectivity index (χ0n) is 14.2. The molecule has 0 unspecified atom stereocenters. The van der Waals surface area contributed by atoms with E-state index in [1.54, 1.807) is 37.4 Å². The molecule has 5 heteroatoms. The van der Waals surface area contributed by atoms with Gasteiger partial charge in [0.25, 0.3) is 5.91 Å². The van der Waals surface area contributed by atoms with E-state index in [-0.39, 0.29) is 5.91 Å². The van der Waals surface area contributed by atoms with Crippen molar-refractivity contribution < 1.29 is 19.0 Å². The van der Waals surface area contributed by atoms with Crippen molar-refractivity contribution in [2.24, 2.45) is 0 Å². The van der Waals surface area contributed by atoms with E-state index in [1.165, 1.54) is 0 Å². The quantitative estimate of drug-likeness (QED) is 0.798. The van der Waals surface area contributed by atoms with E-state index < -0.39 is 6.10 Å². The number of anilines is 1. The summed E-state index contributed by atoms with van der Waals surface area (Å²) in [5.74, 6) is 1.90. The Bertz CT molecular complexity index is 655. The third-order valence-corrected chi connectivity index (χ3v) is 3.41. The van der Waals surface area contributed by atoms with Gasteiger partial charge in [-0.05, 0) is 49.7 Å². The molecule has 2 aromatic carbocycles. The fourth-order valence-electron chi connectivity index (χ4n) is 2.19. The van der Waals surface area contributed by atoms with Crippen molar-refractivity contribution in [3.05, 3.63) is 48.5 Å². The van der Waals surface area contributed by atoms with Crippen molar-refractivity contribution in [1.82, 2.24) is 0 Å². The summed E-state index contributed by atoms with van der Waals surface area (Å²) in [4.78, 5) is 12.4. The lowest BCUT2D eigenvalue weighted by atomic mass is 10.2. The Labute approximate surface area is 142 Å². The SMILES string of the molecule is CCOc1cccc(NC(=O)[C@H](CC)Oc2ccc(OC)cc2)c1. The Morgan fingerprint density at radius 3 is 2.38 bits per heavy atom. The van der Waals surface area contributed by atoms with Crippen molar-refractivity contribution >= 4 is 11.6 Å². The molecule has 0 bridgehead atoms. The molecule has 5 nitrogen and oxygen atoms in total. The molecule has 2 rings (SSSR count). The first-order chi connectivity index (χ1) is 11.7. The number of ether oxygens (including phenoxy) is 3. The topological polar surface area (TPSA) is 56.8 Å². The molecule has 0 aliphatic rings. The van der Waals surface area contributed by atoms with Gasteiger partial charge in [-0.3, -0.25) is 4.79 Å². The first-order valence-electron chi connectivity index (χ1n) is 8.00. The van der Waals surface area contributed by atoms with E-state index in [2.05, 4.69) is 5.32 Å². The molecular weight excluding hydrogens is 306 g/mol. The minimum Gasteiger partial charge on any atom is -0.497 e. The van der Waals surface area contributed by atoms with Gasteiger partial charge >= 0.3 is 0 Å². The number of rotatable bonds is 8. The average Bonchev–Trinajstić information content (AvgIpc) is 2.60. The van der Waals surface area contributed by atoms with Crippen LogP contribution < -0.4 is 19.5 Å². The summed E-state index contributed by atoms with van der Waals surface area (Å²) in [5.41, 5.74) is 0.683. The first kappa shape index (κ1) is 17.7. The summed E-state index contributed by atoms with van der Waals surface area (Å²) >= 11 is 0. The zero-order valence-corrected chi connectivity index (χ0v) is 14.2. The molecule has 0 heterocycles. The second-order valence-electron chi connectivity index (χ2n) is 5.14. The molecule has 0 saturated carbocycles. The third kappa shape index (κ3) is 4.91. The van der Waals surface area contributed by atoms with Gasteiger partial charge < -0.3 is 19.5 Å². The van der Waals surface area contributed by atoms with Crippen LogP contribution in [0.15, 0.2) is 48.5 Å². The van der Waals surface area contributed by atoms with Crippen LogP contribution in [0.5, 0.6) is 17.2 Å². The minimum atomic E-state index is -0.575. The van der Waals surface area contributed by atoms with E-state index in [4.69, 9.17) is 14.2 Å². The highest BCUT2D eigenvalue weighted by Gasteiger charge is 2.18. The van der Waals surface area contributed by atoms with Crippen LogP contribution in [0, 0.1) is 0 Å². The number of carbonyl (C=O) groups excluding carboxylic acids is 1. The van der Waals surface area contributed by atoms with Crippen molar-refractivity contribution in [2.75, 3.05) is 19.0 Å². The van der Waals surface area contributed by atoms with Gasteiger partial charge in [0.05, 0.1) is 13.7 Å². The largest absolute Gasteiger partial charge is 0.497 e. The maximum Gasteiger partial charge on any atom is 0.265 e. The molecular formula is C19H23NO4. The molecule has 0 saturated heterocycles. The van der Waals surface area contributed by atoms with Gasteiger partial charge in [-0.15, -0.1) is 0 Å². The monoisotopic (exact) mass is 329 g/mol. The zero-order chi connectivity index (χ0) is 17.4. The lowest BCUT2D eigenvalue weighted by Crippen LogP contribution is -2.32. The molecule has 0 aliphatic carbocycles. The fraction of sp³-hybridized carbons (Fsp3) is 0.316. The van der Waals surface area contributed by atoms with Crippen molar-refractivity contribution in [3.63, 3.8) is 0 Å². The third-order valence-electron chi connectivity index (χ3n) is 3.41. The smallest absolute Gasteiger partial charge is 0.265 e. The van der Waals surface area contributed by atoms with Gasteiger partial charge in [0.15, 0.2) is 6.10 Å². The predicted octanol–water partition coefficient (Wildman–Crippen LogP) is 3.89. The van der Waals surface area contributed by atoms with E-state index in [1.807, 2.05) is 32.0 Å². The van der Waals surface area contributed by atoms with Gasteiger partial charge in [-0.25, -0.2) is 0 Å². The van der Waals surface area contributed by atoms with Crippen LogP contribution in [0.2, 0.25) is 0 Å². The van der Waals surface area contributed by atoms with Gasteiger partial charge in [0.1, 0.15) is 17.2 Å². The van der Waals surface area contributed by atoms with Crippen LogP contribution in [-0.2, 0) is 4.79 Å². The summed E-state index contributed by atoms with van der Waals surface area (Å²) in [7, 11) is 1.61. The Balaban J connectivity index is 2.01. The molecule has 128 valence electrons. The molecule has 0 radical (unpaired) electrons. The van der Waals surface area contributed by atoms with Gasteiger partial charge in [-0.2, -0.15) is 0 Å². The summed E-state index contributed by atoms with van der Waals surface area (Å²) in [5, 5.41) is 2.87. The van der Waals surface area contributed by atoms with Crippen molar-refractivity contribution in [3.8, 4) is 17.2 Å². The second kappa shape index (κ2) is 8.82. The Kier molecular flexibility index (Phi) is 6.49. The van der Waals surface area contributed by atoms with Gasteiger partial charge in [0, 0.05) is 11.8 Å². The molecule has 0 fully saturated rings. The highest BCUT2D eigenvalue weighted by molar-refractivity contribution is 5.94. The van der Waals surface area contributed by atoms with Crippen LogP contribution in [0.25, 0.3) is 0 Å². The van der Waals surface area contributed by atoms with Crippen LogP contribution in [-0.4, -0.2) is 25.7 Å². The number of methoxy groups -OCH3 is 1. The van der Waals surface area contributed by atoms with Crippen LogP contribution >= 0.6 is 0 Å². The molecule has 0 spiro atoms. The molecule has 0 aliphatic heterocycles. The van der Waals surface area contributed by atoms with Gasteiger partial charge in [-0.1, -0.05) is 13.0 Å². The predicted molar refractivity (Wildman–Crippen MR) is 93.9 cm³/mol. The molecule has 2 aromatic rings. The maximum atomic E-state index is 12.4. The Morgan fingerprint density at radius 2 is 1.75 bits per heavy atom. The number of nitrogens with one attached hydrogen (secondary N) is 1. The Hall–Kier alpha value is -2.69. The lowest BCUT2D eigenvalue weighted by molar-refractivity contribution is -0.122. The van der Waals surface area contributed by atoms with Crippen molar-refractivity contribution in [2.45, 2.75) is 26.4 Å². The molecule has 0 aromatic heterocycles. The number of benzene rings is 2. The van der Waals surface area contributed by atoms with Gasteiger partial charge in [0.2, 0.25) is 0 Å². The molecule has 1 amide bonds. The molecule has 1 atom stereocenters. The standard InChI is InChI=1S/C19H23NO4/c1-4-18(24-16-11-9-15(22-3)10-12-16)19(21)20-14-7-6-8-17(13-14)23-5-2/h6-13,18H,4-5H2,1-3H3,(H,20,21)/t18-/m0/s1. The van der Waals surface area contributed by atoms with E-state index in [0.29, 0.717) is 24.5 Å². The van der Waals surface area contributed by atoms with Crippen molar-refractivity contribution in [1.29, 1.82) is 0 Å². The maximum absolute atomic E-state index is 12.4. The number of hydrogen-bond donors (Lipinski definition) is 1.